The first kappa shape index (κ1) is 26.8. The number of nitrogens with zero attached hydrogens (tertiary/aromatic N) is 4. The first-order valence-corrected chi connectivity index (χ1v) is 13.6. The Morgan fingerprint density at radius 3 is 2.44 bits per heavy atom. The van der Waals surface area contributed by atoms with E-state index in [1.165, 1.54) is 31.3 Å². The maximum atomic E-state index is 13.8. The first-order valence-electron chi connectivity index (χ1n) is 12.1. The standard InChI is InChI=1S/C26H25F3N6O3S/c1-30-39(36,37)22-9-7-20(8-10-22)33-25-31-14-23(26(27,28)29)24(34-25)35-15-19(13-32-35)18-11-21(12-18)38-16-17-5-3-2-4-6-17/h2-10,13-15,18,21,30H,11-12,16H2,1H3,(H,31,33,34). The zero-order chi connectivity index (χ0) is 27.6. The quantitative estimate of drug-likeness (QED) is 0.304. The monoisotopic (exact) mass is 558 g/mol. The number of nitrogens with one attached hydrogen (secondary N) is 2. The van der Waals surface area contributed by atoms with Crippen LogP contribution in [0.5, 0.6) is 0 Å². The molecule has 0 spiro atoms. The van der Waals surface area contributed by atoms with Crippen molar-refractivity contribution in [1.82, 2.24) is 24.5 Å². The van der Waals surface area contributed by atoms with Crippen LogP contribution in [-0.2, 0) is 27.5 Å². The van der Waals surface area contributed by atoms with Gasteiger partial charge in [-0.15, -0.1) is 0 Å². The Labute approximate surface area is 223 Å². The van der Waals surface area contributed by atoms with Gasteiger partial charge in [-0.3, -0.25) is 0 Å². The Bertz CT molecular complexity index is 1540. The molecule has 5 rings (SSSR count). The summed E-state index contributed by atoms with van der Waals surface area (Å²) in [4.78, 5) is 7.94. The summed E-state index contributed by atoms with van der Waals surface area (Å²) in [6.45, 7) is 0.511. The fourth-order valence-corrected chi connectivity index (χ4v) is 4.93. The highest BCUT2D eigenvalue weighted by molar-refractivity contribution is 7.89. The van der Waals surface area contributed by atoms with E-state index in [-0.39, 0.29) is 22.9 Å². The van der Waals surface area contributed by atoms with Crippen LogP contribution in [0.15, 0.2) is 78.1 Å². The molecule has 0 atom stereocenters. The van der Waals surface area contributed by atoms with E-state index in [1.54, 1.807) is 12.4 Å². The number of alkyl halides is 3. The maximum Gasteiger partial charge on any atom is 0.421 e. The number of aromatic nitrogens is 4. The molecule has 0 radical (unpaired) electrons. The molecule has 9 nitrogen and oxygen atoms in total. The number of hydrogen-bond acceptors (Lipinski definition) is 7. The van der Waals surface area contributed by atoms with Gasteiger partial charge in [-0.2, -0.15) is 23.3 Å². The minimum absolute atomic E-state index is 0.0392. The van der Waals surface area contributed by atoms with Gasteiger partial charge in [0.05, 0.1) is 23.8 Å². The molecule has 2 aromatic carbocycles. The van der Waals surface area contributed by atoms with Gasteiger partial charge in [0.1, 0.15) is 5.56 Å². The molecule has 4 aromatic rings. The Balaban J connectivity index is 1.30. The van der Waals surface area contributed by atoms with Crippen LogP contribution in [0.2, 0.25) is 0 Å². The van der Waals surface area contributed by atoms with E-state index in [0.717, 1.165) is 28.7 Å². The molecular formula is C26H25F3N6O3S. The van der Waals surface area contributed by atoms with Gasteiger partial charge in [-0.1, -0.05) is 30.3 Å². The second kappa shape index (κ2) is 10.8. The molecule has 0 amide bonds. The third-order valence-electron chi connectivity index (χ3n) is 6.48. The molecule has 0 aliphatic heterocycles. The smallest absolute Gasteiger partial charge is 0.373 e. The van der Waals surface area contributed by atoms with Crippen molar-refractivity contribution in [3.05, 3.63) is 89.9 Å². The summed E-state index contributed by atoms with van der Waals surface area (Å²) >= 11 is 0. The average molecular weight is 559 g/mol. The van der Waals surface area contributed by atoms with Crippen molar-refractivity contribution in [2.75, 3.05) is 12.4 Å². The van der Waals surface area contributed by atoms with E-state index < -0.39 is 27.6 Å². The van der Waals surface area contributed by atoms with Crippen LogP contribution < -0.4 is 10.0 Å². The zero-order valence-corrected chi connectivity index (χ0v) is 21.6. The highest BCUT2D eigenvalue weighted by atomic mass is 32.2. The van der Waals surface area contributed by atoms with Gasteiger partial charge >= 0.3 is 6.18 Å². The van der Waals surface area contributed by atoms with Crippen LogP contribution in [0, 0.1) is 0 Å². The number of ether oxygens (including phenoxy) is 1. The molecule has 204 valence electrons. The Kier molecular flexibility index (Phi) is 7.38. The van der Waals surface area contributed by atoms with E-state index in [4.69, 9.17) is 4.74 Å². The van der Waals surface area contributed by atoms with Crippen LogP contribution in [0.3, 0.4) is 0 Å². The summed E-state index contributed by atoms with van der Waals surface area (Å²) in [5.74, 6) is -0.394. The molecule has 1 aliphatic carbocycles. The fourth-order valence-electron chi connectivity index (χ4n) is 4.20. The molecule has 1 aliphatic rings. The molecule has 0 bridgehead atoms. The van der Waals surface area contributed by atoms with Gasteiger partial charge in [0.15, 0.2) is 5.82 Å². The third kappa shape index (κ3) is 6.10. The SMILES string of the molecule is CNS(=O)(=O)c1ccc(Nc2ncc(C(F)(F)F)c(-n3cc(C4CC(OCc5ccccc5)C4)cn3)n2)cc1. The summed E-state index contributed by atoms with van der Waals surface area (Å²) < 4.78 is 74.4. The van der Waals surface area contributed by atoms with E-state index in [2.05, 4.69) is 25.1 Å². The lowest BCUT2D eigenvalue weighted by Crippen LogP contribution is -2.29. The van der Waals surface area contributed by atoms with Crippen molar-refractivity contribution in [2.45, 2.75) is 42.5 Å². The van der Waals surface area contributed by atoms with Gasteiger partial charge in [-0.25, -0.2) is 22.8 Å². The topological polar surface area (TPSA) is 111 Å². The highest BCUT2D eigenvalue weighted by Gasteiger charge is 2.37. The Morgan fingerprint density at radius 1 is 1.05 bits per heavy atom. The zero-order valence-electron chi connectivity index (χ0n) is 20.8. The molecule has 0 unspecified atom stereocenters. The van der Waals surface area contributed by atoms with Crippen LogP contribution >= 0.6 is 0 Å². The minimum atomic E-state index is -4.70. The Morgan fingerprint density at radius 2 is 1.77 bits per heavy atom. The number of hydrogen-bond donors (Lipinski definition) is 2. The van der Waals surface area contributed by atoms with Crippen molar-refractivity contribution >= 4 is 21.7 Å². The van der Waals surface area contributed by atoms with Gasteiger partial charge in [0.25, 0.3) is 0 Å². The average Bonchev–Trinajstić information content (AvgIpc) is 3.38. The van der Waals surface area contributed by atoms with Crippen molar-refractivity contribution in [2.24, 2.45) is 0 Å². The van der Waals surface area contributed by atoms with Gasteiger partial charge in [0.2, 0.25) is 16.0 Å². The summed E-state index contributed by atoms with van der Waals surface area (Å²) in [5, 5.41) is 6.97. The first-order chi connectivity index (χ1) is 18.6. The van der Waals surface area contributed by atoms with Crippen molar-refractivity contribution in [3.63, 3.8) is 0 Å². The molecule has 1 fully saturated rings. The van der Waals surface area contributed by atoms with E-state index in [9.17, 15) is 21.6 Å². The summed E-state index contributed by atoms with van der Waals surface area (Å²) in [7, 11) is -2.33. The van der Waals surface area contributed by atoms with Gasteiger partial charge < -0.3 is 10.1 Å². The van der Waals surface area contributed by atoms with E-state index in [1.807, 2.05) is 30.3 Å². The normalized spacial score (nSPS) is 17.5. The summed E-state index contributed by atoms with van der Waals surface area (Å²) in [5.41, 5.74) is 1.25. The number of rotatable bonds is 9. The van der Waals surface area contributed by atoms with Crippen LogP contribution in [0.25, 0.3) is 5.82 Å². The maximum absolute atomic E-state index is 13.8. The minimum Gasteiger partial charge on any atom is -0.373 e. The van der Waals surface area contributed by atoms with Gasteiger partial charge in [-0.05, 0) is 61.2 Å². The van der Waals surface area contributed by atoms with Crippen LogP contribution in [0.1, 0.15) is 35.4 Å². The predicted molar refractivity (Wildman–Crippen MR) is 137 cm³/mol. The predicted octanol–water partition coefficient (Wildman–Crippen LogP) is 4.80. The van der Waals surface area contributed by atoms with Crippen molar-refractivity contribution in [3.8, 4) is 5.82 Å². The largest absolute Gasteiger partial charge is 0.421 e. The number of halogens is 3. The van der Waals surface area contributed by atoms with Crippen LogP contribution in [0.4, 0.5) is 24.8 Å². The molecule has 13 heteroatoms. The molecule has 1 saturated carbocycles. The third-order valence-corrected chi connectivity index (χ3v) is 7.91. The number of anilines is 2. The number of sulfonamides is 1. The van der Waals surface area contributed by atoms with Crippen molar-refractivity contribution in [1.29, 1.82) is 0 Å². The molecule has 39 heavy (non-hydrogen) atoms. The lowest BCUT2D eigenvalue weighted by molar-refractivity contribution is -0.138. The second-order valence-electron chi connectivity index (χ2n) is 9.09. The lowest BCUT2D eigenvalue weighted by Gasteiger charge is -2.34. The molecule has 2 N–H and O–H groups in total. The van der Waals surface area contributed by atoms with Crippen molar-refractivity contribution < 1.29 is 26.3 Å². The molecule has 2 heterocycles. The van der Waals surface area contributed by atoms with Crippen LogP contribution in [-0.4, -0.2) is 41.3 Å². The van der Waals surface area contributed by atoms with E-state index >= 15 is 0 Å². The Hall–Kier alpha value is -3.81. The highest BCUT2D eigenvalue weighted by Crippen LogP contribution is 2.40. The summed E-state index contributed by atoms with van der Waals surface area (Å²) in [6, 6.07) is 15.5. The molecule has 0 saturated heterocycles. The lowest BCUT2D eigenvalue weighted by atomic mass is 9.78. The molecule has 2 aromatic heterocycles. The van der Waals surface area contributed by atoms with E-state index in [0.29, 0.717) is 18.5 Å². The summed E-state index contributed by atoms with van der Waals surface area (Å²) in [6.07, 6.45) is 0.679. The fraction of sp³-hybridized carbons (Fsp3) is 0.269. The van der Waals surface area contributed by atoms with Gasteiger partial charge in [0, 0.05) is 18.1 Å². The molecular weight excluding hydrogens is 533 g/mol. The second-order valence-corrected chi connectivity index (χ2v) is 11.0. The number of benzene rings is 2.